The first-order valence-corrected chi connectivity index (χ1v) is 11.6. The van der Waals surface area contributed by atoms with Crippen LogP contribution < -0.4 is 19.9 Å². The first-order valence-electron chi connectivity index (χ1n) is 11.6. The first kappa shape index (κ1) is 23.7. The van der Waals surface area contributed by atoms with E-state index in [0.29, 0.717) is 44.0 Å². The number of nitrogens with zero attached hydrogens (tertiary/aromatic N) is 4. The maximum Gasteiger partial charge on any atom is 0.164 e. The summed E-state index contributed by atoms with van der Waals surface area (Å²) in [6.45, 7) is 7.27. The number of aliphatic hydroxyl groups is 1. The summed E-state index contributed by atoms with van der Waals surface area (Å²) in [4.78, 5) is 14.5. The van der Waals surface area contributed by atoms with Gasteiger partial charge in [-0.15, -0.1) is 0 Å². The molecule has 0 aliphatic carbocycles. The maximum absolute atomic E-state index is 9.97. The second-order valence-electron chi connectivity index (χ2n) is 8.60. The van der Waals surface area contributed by atoms with E-state index in [1.54, 1.807) is 7.05 Å². The van der Waals surface area contributed by atoms with Crippen LogP contribution in [0.15, 0.2) is 24.3 Å². The number of anilines is 2. The zero-order chi connectivity index (χ0) is 23.2. The van der Waals surface area contributed by atoms with Crippen LogP contribution in [0.2, 0.25) is 0 Å². The minimum atomic E-state index is -0.573. The lowest BCUT2D eigenvalue weighted by Crippen LogP contribution is -2.38. The maximum atomic E-state index is 9.97. The summed E-state index contributed by atoms with van der Waals surface area (Å²) >= 11 is 0. The van der Waals surface area contributed by atoms with Crippen LogP contribution in [0.4, 0.5) is 11.6 Å². The number of nitrogens with one attached hydrogen (secondary N) is 1. The van der Waals surface area contributed by atoms with E-state index in [9.17, 15) is 5.11 Å². The Balaban J connectivity index is 1.67. The second-order valence-corrected chi connectivity index (χ2v) is 8.60. The number of rotatable bonds is 9. The fourth-order valence-electron chi connectivity index (χ4n) is 4.26. The third-order valence-corrected chi connectivity index (χ3v) is 6.17. The lowest BCUT2D eigenvalue weighted by Gasteiger charge is -2.32. The molecule has 0 spiro atoms. The summed E-state index contributed by atoms with van der Waals surface area (Å²) in [7, 11) is 3.89. The highest BCUT2D eigenvalue weighted by molar-refractivity contribution is 5.68. The predicted octanol–water partition coefficient (Wildman–Crippen LogP) is 1.47. The smallest absolute Gasteiger partial charge is 0.164 e. The highest BCUT2D eigenvalue weighted by Crippen LogP contribution is 2.32. The molecule has 9 heteroatoms. The summed E-state index contributed by atoms with van der Waals surface area (Å²) in [5, 5.41) is 12.9. The molecule has 2 unspecified atom stereocenters. The minimum absolute atomic E-state index is 0.216. The van der Waals surface area contributed by atoms with Gasteiger partial charge in [0.15, 0.2) is 5.82 Å². The van der Waals surface area contributed by atoms with Gasteiger partial charge >= 0.3 is 0 Å². The average molecular weight is 458 g/mol. The highest BCUT2D eigenvalue weighted by atomic mass is 16.5. The number of hydrogen-bond donors (Lipinski definition) is 2. The van der Waals surface area contributed by atoms with E-state index in [4.69, 9.17) is 24.2 Å². The van der Waals surface area contributed by atoms with Crippen molar-refractivity contribution in [1.29, 1.82) is 0 Å². The largest absolute Gasteiger partial charge is 0.491 e. The Labute approximate surface area is 195 Å². The molecular formula is C24H35N5O4. The third-order valence-electron chi connectivity index (χ3n) is 6.17. The van der Waals surface area contributed by atoms with Gasteiger partial charge in [0.2, 0.25) is 0 Å². The number of benzene rings is 1. The van der Waals surface area contributed by atoms with Gasteiger partial charge in [0.25, 0.3) is 0 Å². The van der Waals surface area contributed by atoms with Crippen molar-refractivity contribution in [2.24, 2.45) is 0 Å². The molecule has 0 saturated carbocycles. The number of morpholine rings is 1. The van der Waals surface area contributed by atoms with Crippen LogP contribution in [0, 0.1) is 6.92 Å². The molecule has 2 saturated heterocycles. The van der Waals surface area contributed by atoms with Gasteiger partial charge in [0.1, 0.15) is 30.1 Å². The molecule has 2 aromatic rings. The van der Waals surface area contributed by atoms with E-state index in [1.807, 2.05) is 24.3 Å². The van der Waals surface area contributed by atoms with Gasteiger partial charge in [-0.1, -0.05) is 12.1 Å². The van der Waals surface area contributed by atoms with Crippen LogP contribution in [0.1, 0.15) is 12.0 Å². The summed E-state index contributed by atoms with van der Waals surface area (Å²) < 4.78 is 17.0. The van der Waals surface area contributed by atoms with Crippen molar-refractivity contribution in [2.45, 2.75) is 25.5 Å². The molecule has 2 fully saturated rings. The quantitative estimate of drug-likeness (QED) is 0.581. The standard InChI is InChI=1S/C24H35N5O4/c1-17-23(28(3)19-7-10-32-15-19)26-22(27-24(17)29-8-11-31-12-9-29)18-5-4-6-21(13-18)33-16-20(30)14-25-2/h4-6,13,19-20,25,30H,7-12,14-16H2,1-3H3. The fourth-order valence-corrected chi connectivity index (χ4v) is 4.26. The normalized spacial score (nSPS) is 19.5. The zero-order valence-electron chi connectivity index (χ0n) is 19.8. The Morgan fingerprint density at radius 1 is 1.24 bits per heavy atom. The van der Waals surface area contributed by atoms with E-state index < -0.39 is 6.10 Å². The van der Waals surface area contributed by atoms with Crippen molar-refractivity contribution in [1.82, 2.24) is 15.3 Å². The lowest BCUT2D eigenvalue weighted by atomic mass is 10.1. The zero-order valence-corrected chi connectivity index (χ0v) is 19.8. The third kappa shape index (κ3) is 5.73. The van der Waals surface area contributed by atoms with Gasteiger partial charge in [-0.2, -0.15) is 0 Å². The van der Waals surface area contributed by atoms with E-state index in [0.717, 1.165) is 48.9 Å². The fraction of sp³-hybridized carbons (Fsp3) is 0.583. The van der Waals surface area contributed by atoms with Gasteiger partial charge in [-0.05, 0) is 32.5 Å². The number of ether oxygens (including phenoxy) is 3. The molecule has 2 atom stereocenters. The Hall–Kier alpha value is -2.46. The molecule has 9 nitrogen and oxygen atoms in total. The van der Waals surface area contributed by atoms with Gasteiger partial charge in [0, 0.05) is 44.4 Å². The van der Waals surface area contributed by atoms with Crippen molar-refractivity contribution >= 4 is 11.6 Å². The van der Waals surface area contributed by atoms with Gasteiger partial charge in [-0.25, -0.2) is 9.97 Å². The number of aliphatic hydroxyl groups excluding tert-OH is 1. The minimum Gasteiger partial charge on any atom is -0.491 e. The summed E-state index contributed by atoms with van der Waals surface area (Å²) in [6.07, 6.45) is 0.413. The second kappa shape index (κ2) is 11.1. The highest BCUT2D eigenvalue weighted by Gasteiger charge is 2.26. The molecule has 0 radical (unpaired) electrons. The molecule has 33 heavy (non-hydrogen) atoms. The van der Waals surface area contributed by atoms with E-state index in [1.165, 1.54) is 0 Å². The number of hydrogen-bond acceptors (Lipinski definition) is 9. The molecular weight excluding hydrogens is 422 g/mol. The number of aromatic nitrogens is 2. The molecule has 180 valence electrons. The van der Waals surface area contributed by atoms with E-state index in [-0.39, 0.29) is 6.61 Å². The molecule has 2 aliphatic heterocycles. The molecule has 1 aromatic heterocycles. The Morgan fingerprint density at radius 2 is 2.06 bits per heavy atom. The van der Waals surface area contributed by atoms with Crippen LogP contribution in [0.3, 0.4) is 0 Å². The van der Waals surface area contributed by atoms with Gasteiger partial charge in [0.05, 0.1) is 25.9 Å². The van der Waals surface area contributed by atoms with Crippen LogP contribution in [-0.4, -0.2) is 94.0 Å². The van der Waals surface area contributed by atoms with Gasteiger partial charge < -0.3 is 34.4 Å². The molecule has 0 bridgehead atoms. The van der Waals surface area contributed by atoms with Crippen molar-refractivity contribution in [3.63, 3.8) is 0 Å². The van der Waals surface area contributed by atoms with E-state index >= 15 is 0 Å². The Bertz CT molecular complexity index is 916. The number of likely N-dealkylation sites (N-methyl/N-ethyl adjacent to an activating group) is 2. The van der Waals surface area contributed by atoms with Crippen molar-refractivity contribution in [3.05, 3.63) is 29.8 Å². The lowest BCUT2D eigenvalue weighted by molar-refractivity contribution is 0.108. The van der Waals surface area contributed by atoms with Crippen molar-refractivity contribution in [3.8, 4) is 17.1 Å². The van der Waals surface area contributed by atoms with Crippen molar-refractivity contribution < 1.29 is 19.3 Å². The monoisotopic (exact) mass is 457 g/mol. The SMILES string of the molecule is CNCC(O)COc1cccc(-c2nc(N3CCOCC3)c(C)c(N(C)C3CCOC3)n2)c1. The summed E-state index contributed by atoms with van der Waals surface area (Å²) in [5.41, 5.74) is 1.94. The van der Waals surface area contributed by atoms with Crippen LogP contribution >= 0.6 is 0 Å². The molecule has 0 amide bonds. The molecule has 1 aromatic carbocycles. The van der Waals surface area contributed by atoms with Gasteiger partial charge in [-0.3, -0.25) is 0 Å². The van der Waals surface area contributed by atoms with E-state index in [2.05, 4.69) is 29.1 Å². The first-order chi connectivity index (χ1) is 16.1. The van der Waals surface area contributed by atoms with Crippen LogP contribution in [0.25, 0.3) is 11.4 Å². The van der Waals surface area contributed by atoms with Crippen LogP contribution in [0.5, 0.6) is 5.75 Å². The summed E-state index contributed by atoms with van der Waals surface area (Å²) in [6, 6.07) is 8.04. The molecule has 4 rings (SSSR count). The van der Waals surface area contributed by atoms with Crippen molar-refractivity contribution in [2.75, 3.05) is 76.6 Å². The molecule has 2 aliphatic rings. The molecule has 3 heterocycles. The molecule has 2 N–H and O–H groups in total. The predicted molar refractivity (Wildman–Crippen MR) is 128 cm³/mol. The van der Waals surface area contributed by atoms with Crippen LogP contribution in [-0.2, 0) is 9.47 Å². The topological polar surface area (TPSA) is 92.2 Å². The Kier molecular flexibility index (Phi) is 7.97. The Morgan fingerprint density at radius 3 is 2.79 bits per heavy atom. The summed E-state index contributed by atoms with van der Waals surface area (Å²) in [5.74, 6) is 3.20. The average Bonchev–Trinajstić information content (AvgIpc) is 3.39.